The van der Waals surface area contributed by atoms with E-state index in [-0.39, 0.29) is 22.9 Å². The van der Waals surface area contributed by atoms with Crippen molar-refractivity contribution >= 4 is 94.7 Å². The number of nitrogen functional groups attached to an aromatic ring is 3. The molecule has 22 heteroatoms. The molecule has 0 aliphatic heterocycles. The maximum atomic E-state index is 14.1. The van der Waals surface area contributed by atoms with E-state index in [0.29, 0.717) is 45.3 Å². The Morgan fingerprint density at radius 3 is 1.67 bits per heavy atom. The molecular formula is C38H35N11O9S2. The van der Waals surface area contributed by atoms with Gasteiger partial charge in [-0.2, -0.15) is 42.4 Å². The Bertz CT molecular complexity index is 2930. The predicted octanol–water partition coefficient (Wildman–Crippen LogP) is 8.45. The van der Waals surface area contributed by atoms with Crippen LogP contribution >= 0.6 is 0 Å². The van der Waals surface area contributed by atoms with Gasteiger partial charge in [0.1, 0.15) is 32.7 Å². The van der Waals surface area contributed by atoms with Gasteiger partial charge in [-0.1, -0.05) is 0 Å². The number of anilines is 4. The van der Waals surface area contributed by atoms with E-state index in [2.05, 4.69) is 41.2 Å². The molecule has 0 aromatic heterocycles. The average molecular weight is 854 g/mol. The first-order valence-electron chi connectivity index (χ1n) is 17.2. The second-order valence-corrected chi connectivity index (χ2v) is 15.7. The molecule has 1 aliphatic carbocycles. The smallest absolute Gasteiger partial charge is 0.296 e. The number of nitrogens with two attached hydrogens (primary N) is 3. The Hall–Kier alpha value is -7.40. The summed E-state index contributed by atoms with van der Waals surface area (Å²) in [5.74, 6) is -0.889. The number of allylic oxidation sites excluding steroid dienone is 1. The van der Waals surface area contributed by atoms with Crippen LogP contribution in [0.1, 0.15) is 27.0 Å². The van der Waals surface area contributed by atoms with Crippen molar-refractivity contribution < 1.29 is 40.2 Å². The number of ether oxygens (including phenoxy) is 2. The monoisotopic (exact) mass is 853 g/mol. The van der Waals surface area contributed by atoms with Gasteiger partial charge in [-0.05, 0) is 103 Å². The first-order chi connectivity index (χ1) is 28.4. The van der Waals surface area contributed by atoms with Crippen molar-refractivity contribution in [2.75, 3.05) is 36.8 Å². The highest BCUT2D eigenvalue weighted by atomic mass is 32.2. The van der Waals surface area contributed by atoms with E-state index < -0.39 is 64.0 Å². The highest BCUT2D eigenvalue weighted by Gasteiger charge is 2.37. The van der Waals surface area contributed by atoms with Crippen LogP contribution in [0, 0.1) is 13.8 Å². The molecule has 0 spiro atoms. The van der Waals surface area contributed by atoms with Gasteiger partial charge in [0.05, 0.1) is 53.9 Å². The van der Waals surface area contributed by atoms with Crippen LogP contribution in [0.3, 0.4) is 0 Å². The molecule has 5 aromatic rings. The van der Waals surface area contributed by atoms with Crippen molar-refractivity contribution in [2.24, 2.45) is 35.8 Å². The molecule has 308 valence electrons. The van der Waals surface area contributed by atoms with Crippen molar-refractivity contribution in [1.29, 1.82) is 0 Å². The minimum atomic E-state index is -5.20. The van der Waals surface area contributed by atoms with E-state index in [1.807, 2.05) is 0 Å². The molecule has 60 heavy (non-hydrogen) atoms. The van der Waals surface area contributed by atoms with Gasteiger partial charge in [-0.3, -0.25) is 19.3 Å². The van der Waals surface area contributed by atoms with Crippen molar-refractivity contribution in [2.45, 2.75) is 18.7 Å². The van der Waals surface area contributed by atoms with E-state index in [1.165, 1.54) is 38.5 Å². The maximum absolute atomic E-state index is 14.1. The molecule has 6 rings (SSSR count). The van der Waals surface area contributed by atoms with Gasteiger partial charge >= 0.3 is 0 Å². The third-order valence-electron chi connectivity index (χ3n) is 8.75. The molecule has 0 fully saturated rings. The minimum absolute atomic E-state index is 0.0631. The normalized spacial score (nSPS) is 13.9. The van der Waals surface area contributed by atoms with Crippen LogP contribution in [0.2, 0.25) is 0 Å². The minimum Gasteiger partial charge on any atom is -0.494 e. The number of aryl methyl sites for hydroxylation is 2. The number of methoxy groups -OCH3 is 2. The van der Waals surface area contributed by atoms with E-state index in [1.54, 1.807) is 62.4 Å². The maximum Gasteiger partial charge on any atom is 0.296 e. The number of azo groups is 3. The first kappa shape index (κ1) is 42.2. The molecular weight excluding hydrogens is 819 g/mol. The summed E-state index contributed by atoms with van der Waals surface area (Å²) < 4.78 is 81.9. The van der Waals surface area contributed by atoms with Crippen molar-refractivity contribution in [3.05, 3.63) is 106 Å². The van der Waals surface area contributed by atoms with Crippen molar-refractivity contribution in [1.82, 2.24) is 0 Å². The van der Waals surface area contributed by atoms with Crippen molar-refractivity contribution in [3.63, 3.8) is 0 Å². The summed E-state index contributed by atoms with van der Waals surface area (Å²) in [5, 5.41) is 29.1. The molecule has 0 amide bonds. The summed E-state index contributed by atoms with van der Waals surface area (Å²) in [5.41, 5.74) is 21.7. The van der Waals surface area contributed by atoms with Crippen LogP contribution in [0.4, 0.5) is 56.9 Å². The average Bonchev–Trinajstić information content (AvgIpc) is 3.19. The van der Waals surface area contributed by atoms with Gasteiger partial charge in [-0.25, -0.2) is 0 Å². The molecule has 0 saturated heterocycles. The quantitative estimate of drug-likeness (QED) is 0.0297. The molecule has 1 aliphatic rings. The number of nitrogens with zero attached hydrogens (tertiary/aromatic N) is 7. The highest BCUT2D eigenvalue weighted by molar-refractivity contribution is 7.91. The summed E-state index contributed by atoms with van der Waals surface area (Å²) in [6.45, 7) is 3.39. The second-order valence-electron chi connectivity index (χ2n) is 12.9. The molecule has 0 heterocycles. The zero-order valence-electron chi connectivity index (χ0n) is 32.0. The molecule has 20 nitrogen and oxygen atoms in total. The fourth-order valence-corrected chi connectivity index (χ4v) is 7.01. The Morgan fingerprint density at radius 1 is 0.633 bits per heavy atom. The Kier molecular flexibility index (Phi) is 11.8. The number of fused-ring (bicyclic) bond motifs is 1. The van der Waals surface area contributed by atoms with E-state index in [0.717, 1.165) is 12.1 Å². The third kappa shape index (κ3) is 9.16. The number of hydrogen-bond donors (Lipinski definition) is 6. The van der Waals surface area contributed by atoms with Crippen LogP contribution in [0.25, 0.3) is 6.08 Å². The number of carbonyl (C=O) groups is 1. The third-order valence-corrected chi connectivity index (χ3v) is 10.5. The number of carbonyl (C=O) groups excluding carboxylic acids is 1. The summed E-state index contributed by atoms with van der Waals surface area (Å²) >= 11 is 0. The lowest BCUT2D eigenvalue weighted by Gasteiger charge is -2.20. The largest absolute Gasteiger partial charge is 0.494 e. The van der Waals surface area contributed by atoms with Crippen LogP contribution in [0.5, 0.6) is 11.5 Å². The molecule has 5 aromatic carbocycles. The Morgan fingerprint density at radius 2 is 1.15 bits per heavy atom. The topological polar surface area (TPSA) is 321 Å². The number of Topliss-reactive ketones (excluding diaryl/α,β-unsaturated/α-hetero) is 1. The summed E-state index contributed by atoms with van der Waals surface area (Å²) in [6.07, 6.45) is 0.770. The molecule has 0 saturated carbocycles. The fourth-order valence-electron chi connectivity index (χ4n) is 5.68. The zero-order valence-corrected chi connectivity index (χ0v) is 33.6. The van der Waals surface area contributed by atoms with Gasteiger partial charge in [0.15, 0.2) is 5.71 Å². The summed E-state index contributed by atoms with van der Waals surface area (Å²) in [7, 11) is -7.67. The molecule has 9 N–H and O–H groups in total. The number of nitrogens with one attached hydrogen (secondary N) is 1. The lowest BCUT2D eigenvalue weighted by atomic mass is 9.92. The predicted molar refractivity (Wildman–Crippen MR) is 225 cm³/mol. The molecule has 0 atom stereocenters. The zero-order chi connectivity index (χ0) is 43.5. The first-order valence-corrected chi connectivity index (χ1v) is 20.1. The standard InChI is InChI=1S/C38H35N11O9S2/c1-19-13-28(30(57-3)17-26(19)44-42-24-9-5-22(39)6-10-24)46-48-36-32(59(51,52)53)15-21-16-33(60(54,55)56)37(38(50)34(21)35(36)41)49-47-29-14-20(2)27(18-31(29)58-4)45-43-25-11-7-23(40)8-12-25/h5-18,47H,39-41H2,1-4H3,(H,51,52,53)(H,54,55,56)/b44-42?,45-43?,48-46?,49-37-. The molecule has 0 radical (unpaired) electrons. The van der Waals surface area contributed by atoms with Crippen LogP contribution < -0.4 is 32.1 Å². The Labute approximate surface area is 342 Å². The number of ketones is 1. The van der Waals surface area contributed by atoms with Gasteiger partial charge in [0, 0.05) is 23.5 Å². The van der Waals surface area contributed by atoms with Gasteiger partial charge in [-0.15, -0.1) is 10.2 Å². The lowest BCUT2D eigenvalue weighted by molar-refractivity contribution is 0.106. The SMILES string of the molecule is COc1cc(N=Nc2ccc(N)cc2)c(C)cc1N=Nc1c(S(=O)(=O)O)cc2c(c1N)C(=O)/C(=N\Nc1cc(C)c(N=Nc3ccc(N)cc3)cc1OC)C(S(=O)(=O)O)=C2. The van der Waals surface area contributed by atoms with Crippen LogP contribution in [0.15, 0.2) is 124 Å². The number of rotatable bonds is 12. The summed E-state index contributed by atoms with van der Waals surface area (Å²) in [4.78, 5) is 12.2. The highest BCUT2D eigenvalue weighted by Crippen LogP contribution is 2.43. The lowest BCUT2D eigenvalue weighted by Crippen LogP contribution is -2.28. The summed E-state index contributed by atoms with van der Waals surface area (Å²) in [6, 6.07) is 20.2. The Balaban J connectivity index is 1.39. The number of hydrogen-bond acceptors (Lipinski definition) is 18. The number of benzene rings is 5. The van der Waals surface area contributed by atoms with Crippen molar-refractivity contribution in [3.8, 4) is 11.5 Å². The second kappa shape index (κ2) is 16.8. The van der Waals surface area contributed by atoms with E-state index in [9.17, 15) is 30.7 Å². The van der Waals surface area contributed by atoms with Crippen LogP contribution in [-0.4, -0.2) is 51.7 Å². The van der Waals surface area contributed by atoms with Gasteiger partial charge in [0.25, 0.3) is 20.2 Å². The van der Waals surface area contributed by atoms with E-state index in [4.69, 9.17) is 26.7 Å². The van der Waals surface area contributed by atoms with Gasteiger partial charge < -0.3 is 26.7 Å². The number of hydrazone groups is 1. The molecule has 0 unspecified atom stereocenters. The van der Waals surface area contributed by atoms with Crippen LogP contribution in [-0.2, 0) is 20.2 Å². The molecule has 0 bridgehead atoms. The van der Waals surface area contributed by atoms with E-state index >= 15 is 0 Å². The van der Waals surface area contributed by atoms with Gasteiger partial charge in [0.2, 0.25) is 5.78 Å². The fraction of sp³-hybridized carbons (Fsp3) is 0.105.